The van der Waals surface area contributed by atoms with Gasteiger partial charge in [-0.05, 0) is 61.9 Å². The van der Waals surface area contributed by atoms with Crippen molar-refractivity contribution in [3.63, 3.8) is 0 Å². The quantitative estimate of drug-likeness (QED) is 0.200. The Morgan fingerprint density at radius 3 is 2.79 bits per heavy atom. The normalized spacial score (nSPS) is 20.1. The van der Waals surface area contributed by atoms with Crippen LogP contribution in [0.1, 0.15) is 36.6 Å². The molecule has 38 heavy (non-hydrogen) atoms. The number of Topliss-reactive ketones (excluding diaryl/α,β-unsaturated/α-hetero) is 1. The molecule has 1 aromatic heterocycles. The monoisotopic (exact) mass is 530 g/mol. The highest BCUT2D eigenvalue weighted by molar-refractivity contribution is 7.22. The van der Waals surface area contributed by atoms with Crippen LogP contribution in [0.15, 0.2) is 66.2 Å². The van der Waals surface area contributed by atoms with Gasteiger partial charge in [-0.2, -0.15) is 0 Å². The highest BCUT2D eigenvalue weighted by Gasteiger charge is 2.49. The van der Waals surface area contributed by atoms with Gasteiger partial charge in [0.2, 0.25) is 0 Å². The number of hydrogen-bond acceptors (Lipinski definition) is 7. The maximum absolute atomic E-state index is 15.2. The lowest BCUT2D eigenvalue weighted by Gasteiger charge is -2.23. The number of aliphatic hydroxyl groups is 1. The number of carbonyl (C=O) groups excluding carboxylic acids is 2. The predicted molar refractivity (Wildman–Crippen MR) is 142 cm³/mol. The number of aliphatic hydroxyl groups excluding tert-OH is 1. The minimum absolute atomic E-state index is 0.00586. The van der Waals surface area contributed by atoms with E-state index < -0.39 is 23.5 Å². The fourth-order valence-corrected chi connectivity index (χ4v) is 6.02. The van der Waals surface area contributed by atoms with Crippen molar-refractivity contribution in [1.82, 2.24) is 4.98 Å². The fourth-order valence-electron chi connectivity index (χ4n) is 5.00. The average Bonchev–Trinajstić information content (AvgIpc) is 3.56. The molecule has 9 heteroatoms. The van der Waals surface area contributed by atoms with E-state index in [2.05, 4.69) is 4.98 Å². The molecule has 3 aromatic carbocycles. The van der Waals surface area contributed by atoms with Gasteiger partial charge in [-0.3, -0.25) is 14.5 Å². The number of halogens is 1. The Morgan fingerprint density at radius 2 is 2.00 bits per heavy atom. The molecular formula is C29H23FN2O5S. The maximum atomic E-state index is 15.2. The molecule has 0 radical (unpaired) electrons. The van der Waals surface area contributed by atoms with Gasteiger partial charge in [-0.1, -0.05) is 29.5 Å². The number of fused-ring (bicyclic) bond motifs is 2. The van der Waals surface area contributed by atoms with Gasteiger partial charge >= 0.3 is 5.91 Å². The molecule has 4 aromatic rings. The third-order valence-corrected chi connectivity index (χ3v) is 7.70. The second-order valence-electron chi connectivity index (χ2n) is 9.20. The fraction of sp³-hybridized carbons (Fsp3) is 0.207. The number of rotatable bonds is 5. The Balaban J connectivity index is 1.52. The number of nitrogens with zero attached hydrogens (tertiary/aromatic N) is 2. The van der Waals surface area contributed by atoms with Crippen LogP contribution in [0.2, 0.25) is 0 Å². The van der Waals surface area contributed by atoms with Crippen LogP contribution in [0.25, 0.3) is 16.0 Å². The van der Waals surface area contributed by atoms with Crippen molar-refractivity contribution < 1.29 is 28.6 Å². The molecule has 0 aliphatic carbocycles. The number of ether oxygens (including phenoxy) is 2. The molecule has 3 heterocycles. The highest BCUT2D eigenvalue weighted by atomic mass is 32.1. The summed E-state index contributed by atoms with van der Waals surface area (Å²) in [6, 6.07) is 15.2. The Hall–Kier alpha value is -4.24. The van der Waals surface area contributed by atoms with E-state index in [1.165, 1.54) is 34.4 Å². The van der Waals surface area contributed by atoms with Crippen molar-refractivity contribution in [3.05, 3.63) is 88.7 Å². The van der Waals surface area contributed by atoms with E-state index in [0.717, 1.165) is 10.3 Å². The van der Waals surface area contributed by atoms with E-state index >= 15 is 4.39 Å². The molecule has 1 N–H and O–H groups in total. The first-order valence-electron chi connectivity index (χ1n) is 12.2. The molecular weight excluding hydrogens is 507 g/mol. The number of benzene rings is 3. The molecule has 0 bridgehead atoms. The largest absolute Gasteiger partial charge is 0.507 e. The summed E-state index contributed by atoms with van der Waals surface area (Å²) in [6.07, 6.45) is 0.644. The molecule has 2 atom stereocenters. The predicted octanol–water partition coefficient (Wildman–Crippen LogP) is 5.78. The van der Waals surface area contributed by atoms with Crippen molar-refractivity contribution >= 4 is 44.1 Å². The van der Waals surface area contributed by atoms with Crippen LogP contribution >= 0.6 is 11.3 Å². The minimum Gasteiger partial charge on any atom is -0.507 e. The van der Waals surface area contributed by atoms with Crippen molar-refractivity contribution in [2.75, 3.05) is 11.5 Å². The third kappa shape index (κ3) is 3.90. The number of ketones is 1. The van der Waals surface area contributed by atoms with Gasteiger partial charge in [-0.25, -0.2) is 9.37 Å². The van der Waals surface area contributed by atoms with Crippen LogP contribution in [0.3, 0.4) is 0 Å². The molecule has 6 rings (SSSR count). The lowest BCUT2D eigenvalue weighted by molar-refractivity contribution is -0.132. The average molecular weight is 531 g/mol. The summed E-state index contributed by atoms with van der Waals surface area (Å²) < 4.78 is 27.2. The molecule has 0 spiro atoms. The van der Waals surface area contributed by atoms with Crippen molar-refractivity contribution in [2.45, 2.75) is 32.4 Å². The number of aromatic nitrogens is 1. The Morgan fingerprint density at radius 1 is 1.18 bits per heavy atom. The van der Waals surface area contributed by atoms with Crippen LogP contribution in [0.4, 0.5) is 9.52 Å². The van der Waals surface area contributed by atoms with E-state index in [1.54, 1.807) is 36.4 Å². The van der Waals surface area contributed by atoms with Crippen LogP contribution in [-0.4, -0.2) is 34.5 Å². The zero-order valence-electron chi connectivity index (χ0n) is 20.6. The summed E-state index contributed by atoms with van der Waals surface area (Å²) >= 11 is 1.19. The zero-order chi connectivity index (χ0) is 26.6. The van der Waals surface area contributed by atoms with Gasteiger partial charge in [0.15, 0.2) is 5.13 Å². The summed E-state index contributed by atoms with van der Waals surface area (Å²) in [5, 5.41) is 11.6. The van der Waals surface area contributed by atoms with Crippen molar-refractivity contribution in [2.24, 2.45) is 0 Å². The van der Waals surface area contributed by atoms with E-state index in [0.29, 0.717) is 35.6 Å². The summed E-state index contributed by atoms with van der Waals surface area (Å²) in [5.41, 5.74) is 1.73. The minimum atomic E-state index is -1.20. The Bertz CT molecular complexity index is 1650. The second kappa shape index (κ2) is 9.25. The van der Waals surface area contributed by atoms with E-state index in [9.17, 15) is 14.7 Å². The molecule has 7 nitrogen and oxygen atoms in total. The molecule has 0 saturated carbocycles. The van der Waals surface area contributed by atoms with Crippen molar-refractivity contribution in [3.8, 4) is 11.5 Å². The maximum Gasteiger partial charge on any atom is 0.301 e. The topological polar surface area (TPSA) is 89.0 Å². The van der Waals surface area contributed by atoms with Crippen LogP contribution in [-0.2, 0) is 16.0 Å². The smallest absolute Gasteiger partial charge is 0.301 e. The first-order valence-corrected chi connectivity index (χ1v) is 13.1. The number of anilines is 1. The molecule has 1 saturated heterocycles. The number of carbonyl (C=O) groups is 2. The van der Waals surface area contributed by atoms with Crippen molar-refractivity contribution in [1.29, 1.82) is 0 Å². The highest BCUT2D eigenvalue weighted by Crippen LogP contribution is 2.45. The van der Waals surface area contributed by atoms with Gasteiger partial charge in [-0.15, -0.1) is 0 Å². The van der Waals surface area contributed by atoms with Gasteiger partial charge in [0.05, 0.1) is 22.4 Å². The number of thiazole rings is 1. The lowest BCUT2D eigenvalue weighted by Crippen LogP contribution is -2.29. The SMILES string of the molecule is CCOc1ccc2nc(N3C(=O)C(=O)/C(=C(/O)c4ccc5c(c4)C[C@H](C)O5)[C@H]3c3ccccc3F)sc2c1. The standard InChI is InChI=1S/C29H23FN2O5S/c1-3-36-18-9-10-21-23(14-18)38-29(31-21)32-25(19-6-4-5-7-20(19)30)24(27(34)28(32)35)26(33)16-8-11-22-17(13-16)12-15(2)37-22/h4-11,13-15,25,33H,3,12H2,1-2H3/b26-24+/t15-,25+/m0/s1. The van der Waals surface area contributed by atoms with Crippen LogP contribution < -0.4 is 14.4 Å². The van der Waals surface area contributed by atoms with Crippen LogP contribution in [0, 0.1) is 5.82 Å². The number of hydrogen-bond donors (Lipinski definition) is 1. The summed E-state index contributed by atoms with van der Waals surface area (Å²) in [6.45, 7) is 4.32. The van der Waals surface area contributed by atoms with Gasteiger partial charge in [0.25, 0.3) is 5.78 Å². The summed E-state index contributed by atoms with van der Waals surface area (Å²) in [4.78, 5) is 32.7. The molecule has 1 fully saturated rings. The van der Waals surface area contributed by atoms with E-state index in [1.807, 2.05) is 19.9 Å². The van der Waals surface area contributed by atoms with E-state index in [4.69, 9.17) is 9.47 Å². The Kier molecular flexibility index (Phi) is 5.87. The Labute approximate surface area is 221 Å². The van der Waals surface area contributed by atoms with E-state index in [-0.39, 0.29) is 28.1 Å². The molecule has 0 unspecified atom stereocenters. The number of amides is 1. The summed E-state index contributed by atoms with van der Waals surface area (Å²) in [5.74, 6) is -1.41. The zero-order valence-corrected chi connectivity index (χ0v) is 21.4. The lowest BCUT2D eigenvalue weighted by atomic mass is 9.94. The van der Waals surface area contributed by atoms with Crippen LogP contribution in [0.5, 0.6) is 11.5 Å². The summed E-state index contributed by atoms with van der Waals surface area (Å²) in [7, 11) is 0. The first-order chi connectivity index (χ1) is 18.4. The van der Waals surface area contributed by atoms with Gasteiger partial charge in [0, 0.05) is 17.5 Å². The molecule has 2 aliphatic rings. The molecule has 1 amide bonds. The van der Waals surface area contributed by atoms with Gasteiger partial charge in [0.1, 0.15) is 35.2 Å². The second-order valence-corrected chi connectivity index (χ2v) is 10.2. The molecule has 192 valence electrons. The molecule has 2 aliphatic heterocycles. The van der Waals surface area contributed by atoms with Gasteiger partial charge < -0.3 is 14.6 Å². The first kappa shape index (κ1) is 24.1. The third-order valence-electron chi connectivity index (χ3n) is 6.68.